The van der Waals surface area contributed by atoms with Crippen LogP contribution in [0.2, 0.25) is 0 Å². The van der Waals surface area contributed by atoms with Crippen molar-refractivity contribution in [1.82, 2.24) is 0 Å². The molecule has 0 aromatic heterocycles. The maximum absolute atomic E-state index is 10.2. The van der Waals surface area contributed by atoms with Gasteiger partial charge < -0.3 is 10.9 Å². The molecule has 0 saturated heterocycles. The van der Waals surface area contributed by atoms with Gasteiger partial charge in [-0.05, 0) is 6.92 Å². The third kappa shape index (κ3) is 8.58. The summed E-state index contributed by atoms with van der Waals surface area (Å²) in [6.45, 7) is 2.98. The summed E-state index contributed by atoms with van der Waals surface area (Å²) < 4.78 is 8.26. The molecule has 0 rings (SSSR count). The molecule has 0 spiro atoms. The van der Waals surface area contributed by atoms with Gasteiger partial charge in [0.05, 0.1) is 6.61 Å². The zero-order chi connectivity index (χ0) is 7.28. The molecule has 0 aliphatic rings. The van der Waals surface area contributed by atoms with Gasteiger partial charge in [0, 0.05) is 6.92 Å². The standard InChI is InChI=1S/C5H8O4.K.H/c1-3-8-5(7)9-4(2)6;;/h3H2,1-2H3;;/q;+1;-1. The van der Waals surface area contributed by atoms with E-state index in [4.69, 9.17) is 0 Å². The number of ether oxygens (including phenoxy) is 2. The molecule has 54 valence electrons. The van der Waals surface area contributed by atoms with Crippen molar-refractivity contribution in [1.29, 1.82) is 0 Å². The third-order valence-corrected chi connectivity index (χ3v) is 0.489. The van der Waals surface area contributed by atoms with Crippen molar-refractivity contribution in [2.24, 2.45) is 0 Å². The van der Waals surface area contributed by atoms with Crippen LogP contribution < -0.4 is 51.4 Å². The fourth-order valence-electron chi connectivity index (χ4n) is 0.265. The molecule has 0 saturated carbocycles. The molecule has 0 aromatic carbocycles. The van der Waals surface area contributed by atoms with Gasteiger partial charge in [0.15, 0.2) is 0 Å². The van der Waals surface area contributed by atoms with Gasteiger partial charge in [0.25, 0.3) is 0 Å². The first kappa shape index (κ1) is 13.2. The zero-order valence-corrected chi connectivity index (χ0v) is 9.46. The van der Waals surface area contributed by atoms with Crippen molar-refractivity contribution in [3.8, 4) is 0 Å². The number of carbonyl (C=O) groups excluding carboxylic acids is 2. The van der Waals surface area contributed by atoms with Crippen LogP contribution in [0.15, 0.2) is 0 Å². The predicted octanol–water partition coefficient (Wildman–Crippen LogP) is -2.18. The molecule has 0 N–H and O–H groups in total. The molecule has 4 nitrogen and oxygen atoms in total. The van der Waals surface area contributed by atoms with E-state index in [9.17, 15) is 9.59 Å². The largest absolute Gasteiger partial charge is 1.00 e. The van der Waals surface area contributed by atoms with Gasteiger partial charge >= 0.3 is 63.5 Å². The van der Waals surface area contributed by atoms with Gasteiger partial charge in [-0.15, -0.1) is 0 Å². The molecule has 0 aromatic rings. The number of esters is 1. The monoisotopic (exact) mass is 172 g/mol. The summed E-state index contributed by atoms with van der Waals surface area (Å²) in [7, 11) is 0. The van der Waals surface area contributed by atoms with E-state index in [-0.39, 0.29) is 59.4 Å². The number of hydrogen-bond donors (Lipinski definition) is 0. The average Bonchev–Trinajstić information content (AvgIpc) is 1.63. The number of carbonyl (C=O) groups is 2. The molecule has 5 heteroatoms. The second kappa shape index (κ2) is 7.68. The Balaban J connectivity index is -0.000000320. The molecule has 10 heavy (non-hydrogen) atoms. The van der Waals surface area contributed by atoms with Gasteiger partial charge in [-0.1, -0.05) is 0 Å². The average molecular weight is 172 g/mol. The summed E-state index contributed by atoms with van der Waals surface area (Å²) in [6.07, 6.45) is -0.940. The van der Waals surface area contributed by atoms with Crippen molar-refractivity contribution >= 4 is 12.1 Å². The van der Waals surface area contributed by atoms with E-state index in [2.05, 4.69) is 9.47 Å². The van der Waals surface area contributed by atoms with Crippen LogP contribution in [0.1, 0.15) is 15.3 Å². The van der Waals surface area contributed by atoms with Crippen LogP contribution in [0, 0.1) is 0 Å². The van der Waals surface area contributed by atoms with Crippen LogP contribution in [0.25, 0.3) is 0 Å². The van der Waals surface area contributed by atoms with Crippen LogP contribution in [0.3, 0.4) is 0 Å². The van der Waals surface area contributed by atoms with Crippen molar-refractivity contribution in [3.05, 3.63) is 0 Å². The van der Waals surface area contributed by atoms with Crippen molar-refractivity contribution in [2.45, 2.75) is 13.8 Å². The summed E-state index contributed by atoms with van der Waals surface area (Å²) in [5.74, 6) is -0.659. The minimum atomic E-state index is -0.940. The van der Waals surface area contributed by atoms with Crippen molar-refractivity contribution in [2.75, 3.05) is 6.61 Å². The topological polar surface area (TPSA) is 52.6 Å². The summed E-state index contributed by atoms with van der Waals surface area (Å²) in [5.41, 5.74) is 0. The Labute approximate surface area is 103 Å². The van der Waals surface area contributed by atoms with Crippen molar-refractivity contribution in [3.63, 3.8) is 0 Å². The molecular weight excluding hydrogens is 163 g/mol. The molecule has 0 heterocycles. The second-order valence-electron chi connectivity index (χ2n) is 1.28. The van der Waals surface area contributed by atoms with Crippen molar-refractivity contribution < 1.29 is 71.9 Å². The quantitative estimate of drug-likeness (QED) is 0.256. The smallest absolute Gasteiger partial charge is 1.00 e. The van der Waals surface area contributed by atoms with Gasteiger partial charge in [-0.2, -0.15) is 0 Å². The van der Waals surface area contributed by atoms with Crippen LogP contribution >= 0.6 is 0 Å². The third-order valence-electron chi connectivity index (χ3n) is 0.489. The Morgan fingerprint density at radius 1 is 1.50 bits per heavy atom. The van der Waals surface area contributed by atoms with Crippen LogP contribution in [-0.2, 0) is 14.3 Å². The molecule has 0 aliphatic carbocycles. The summed E-state index contributed by atoms with van der Waals surface area (Å²) in [4.78, 5) is 20.2. The number of hydrogen-bond acceptors (Lipinski definition) is 4. The molecule has 0 bridgehead atoms. The minimum absolute atomic E-state index is 0. The zero-order valence-electron chi connectivity index (χ0n) is 7.34. The Hall–Kier alpha value is 0.576. The minimum Gasteiger partial charge on any atom is -1.00 e. The summed E-state index contributed by atoms with van der Waals surface area (Å²) >= 11 is 0. The van der Waals surface area contributed by atoms with E-state index in [1.54, 1.807) is 6.92 Å². The van der Waals surface area contributed by atoms with E-state index in [1.807, 2.05) is 0 Å². The van der Waals surface area contributed by atoms with Crippen LogP contribution in [-0.4, -0.2) is 18.7 Å². The molecule has 0 atom stereocenters. The first-order valence-corrected chi connectivity index (χ1v) is 2.52. The van der Waals surface area contributed by atoms with Gasteiger partial charge in [-0.25, -0.2) is 4.79 Å². The molecule has 0 radical (unpaired) electrons. The Morgan fingerprint density at radius 2 is 2.00 bits per heavy atom. The van der Waals surface area contributed by atoms with E-state index < -0.39 is 12.1 Å². The van der Waals surface area contributed by atoms with Gasteiger partial charge in [0.2, 0.25) is 0 Å². The predicted molar refractivity (Wildman–Crippen MR) is 29.9 cm³/mol. The number of rotatable bonds is 1. The van der Waals surface area contributed by atoms with Crippen LogP contribution in [0.4, 0.5) is 4.79 Å². The first-order valence-electron chi connectivity index (χ1n) is 2.52. The molecule has 0 fully saturated rings. The van der Waals surface area contributed by atoms with E-state index in [0.717, 1.165) is 6.92 Å². The fraction of sp³-hybridized carbons (Fsp3) is 0.600. The summed E-state index contributed by atoms with van der Waals surface area (Å²) in [6, 6.07) is 0. The normalized spacial score (nSPS) is 7.40. The van der Waals surface area contributed by atoms with Gasteiger partial charge in [0.1, 0.15) is 0 Å². The second-order valence-corrected chi connectivity index (χ2v) is 1.28. The maximum Gasteiger partial charge on any atom is 1.00 e. The molecular formula is C5H9KO4. The van der Waals surface area contributed by atoms with Crippen LogP contribution in [0.5, 0.6) is 0 Å². The molecule has 0 amide bonds. The Bertz CT molecular complexity index is 128. The van der Waals surface area contributed by atoms with E-state index in [0.29, 0.717) is 0 Å². The van der Waals surface area contributed by atoms with E-state index in [1.165, 1.54) is 0 Å². The Kier molecular flexibility index (Phi) is 10.1. The first-order chi connectivity index (χ1) is 4.16. The fourth-order valence-corrected chi connectivity index (χ4v) is 0.265. The molecule has 0 unspecified atom stereocenters. The van der Waals surface area contributed by atoms with E-state index >= 15 is 0 Å². The SMILES string of the molecule is CCOC(=O)OC(C)=O.[H-].[K+]. The van der Waals surface area contributed by atoms with Gasteiger partial charge in [-0.3, -0.25) is 4.79 Å². The Morgan fingerprint density at radius 3 is 2.30 bits per heavy atom. The summed E-state index contributed by atoms with van der Waals surface area (Å²) in [5, 5.41) is 0. The maximum atomic E-state index is 10.2. The molecule has 0 aliphatic heterocycles.